The molecule has 1 aromatic rings. The molecular weight excluding hydrogens is 257 g/mol. The van der Waals surface area contributed by atoms with Gasteiger partial charge in [-0.1, -0.05) is 12.1 Å². The van der Waals surface area contributed by atoms with Gasteiger partial charge in [-0.05, 0) is 12.1 Å². The molecule has 0 aromatic heterocycles. The molecule has 18 heavy (non-hydrogen) atoms. The van der Waals surface area contributed by atoms with Gasteiger partial charge in [0.2, 0.25) is 0 Å². The highest BCUT2D eigenvalue weighted by Crippen LogP contribution is 2.08. The zero-order chi connectivity index (χ0) is 13.2. The molecule has 1 fully saturated rings. The highest BCUT2D eigenvalue weighted by Gasteiger charge is 2.23. The van der Waals surface area contributed by atoms with Gasteiger partial charge in [0, 0.05) is 18.7 Å². The van der Waals surface area contributed by atoms with Gasteiger partial charge < -0.3 is 0 Å². The van der Waals surface area contributed by atoms with Gasteiger partial charge in [0.25, 0.3) is 0 Å². The fourth-order valence-corrected chi connectivity index (χ4v) is 3.14. The number of carbonyl (C=O) groups excluding carboxylic acids is 1. The van der Waals surface area contributed by atoms with Crippen molar-refractivity contribution in [3.8, 4) is 0 Å². The second kappa shape index (κ2) is 5.16. The van der Waals surface area contributed by atoms with Crippen molar-refractivity contribution < 1.29 is 17.6 Å². The summed E-state index contributed by atoms with van der Waals surface area (Å²) in [7, 11) is -2.94. The fraction of sp³-hybridized carbons (Fsp3) is 0.417. The van der Waals surface area contributed by atoms with E-state index in [1.54, 1.807) is 11.0 Å². The average molecular weight is 271 g/mol. The number of hydrogen-bond donors (Lipinski definition) is 0. The quantitative estimate of drug-likeness (QED) is 0.761. The lowest BCUT2D eigenvalue weighted by Gasteiger charge is -2.25. The van der Waals surface area contributed by atoms with Crippen molar-refractivity contribution in [2.45, 2.75) is 0 Å². The van der Waals surface area contributed by atoms with E-state index in [0.717, 1.165) is 0 Å². The molecular formula is C12H14FNO3S. The number of sulfone groups is 1. The Labute approximate surface area is 105 Å². The summed E-state index contributed by atoms with van der Waals surface area (Å²) in [4.78, 5) is 13.7. The lowest BCUT2D eigenvalue weighted by molar-refractivity contribution is 0.0935. The molecule has 6 heteroatoms. The molecule has 2 rings (SSSR count). The van der Waals surface area contributed by atoms with Crippen LogP contribution < -0.4 is 0 Å². The third kappa shape index (κ3) is 3.36. The smallest absolute Gasteiger partial charge is 0.176 e. The van der Waals surface area contributed by atoms with Gasteiger partial charge in [0.15, 0.2) is 15.6 Å². The number of carbonyl (C=O) groups is 1. The largest absolute Gasteiger partial charge is 0.294 e. The van der Waals surface area contributed by atoms with E-state index in [4.69, 9.17) is 0 Å². The van der Waals surface area contributed by atoms with Gasteiger partial charge >= 0.3 is 0 Å². The number of nitrogens with zero attached hydrogens (tertiary/aromatic N) is 1. The Morgan fingerprint density at radius 3 is 2.56 bits per heavy atom. The Morgan fingerprint density at radius 1 is 1.28 bits per heavy atom. The summed E-state index contributed by atoms with van der Waals surface area (Å²) in [6.45, 7) is 0.867. The second-order valence-electron chi connectivity index (χ2n) is 4.36. The van der Waals surface area contributed by atoms with Crippen molar-refractivity contribution in [1.82, 2.24) is 4.90 Å². The first-order valence-corrected chi connectivity index (χ1v) is 7.50. The summed E-state index contributed by atoms with van der Waals surface area (Å²) in [5.74, 6) is -0.455. The molecule has 0 bridgehead atoms. The fourth-order valence-electron chi connectivity index (χ4n) is 1.86. The van der Waals surface area contributed by atoms with Crippen LogP contribution in [0.4, 0.5) is 4.39 Å². The van der Waals surface area contributed by atoms with Gasteiger partial charge in [-0.25, -0.2) is 12.8 Å². The van der Waals surface area contributed by atoms with E-state index >= 15 is 0 Å². The molecule has 1 saturated heterocycles. The Balaban J connectivity index is 1.97. The maximum atomic E-state index is 13.0. The summed E-state index contributed by atoms with van der Waals surface area (Å²) in [6.07, 6.45) is 0. The summed E-state index contributed by atoms with van der Waals surface area (Å²) in [6, 6.07) is 5.53. The van der Waals surface area contributed by atoms with Gasteiger partial charge in [-0.15, -0.1) is 0 Å². The van der Waals surface area contributed by atoms with Gasteiger partial charge in [-0.3, -0.25) is 9.69 Å². The van der Waals surface area contributed by atoms with Crippen LogP contribution in [0.25, 0.3) is 0 Å². The molecule has 1 heterocycles. The Bertz CT molecular complexity index is 542. The zero-order valence-electron chi connectivity index (χ0n) is 9.80. The third-order valence-electron chi connectivity index (χ3n) is 2.95. The molecule has 0 spiro atoms. The SMILES string of the molecule is O=C(CN1CCS(=O)(=O)CC1)c1cccc(F)c1. The molecule has 0 amide bonds. The summed E-state index contributed by atoms with van der Waals surface area (Å²) < 4.78 is 35.4. The molecule has 98 valence electrons. The summed E-state index contributed by atoms with van der Waals surface area (Å²) in [5, 5.41) is 0. The van der Waals surface area contributed by atoms with E-state index in [9.17, 15) is 17.6 Å². The van der Waals surface area contributed by atoms with Crippen LogP contribution in [0.1, 0.15) is 10.4 Å². The van der Waals surface area contributed by atoms with E-state index in [1.165, 1.54) is 18.2 Å². The van der Waals surface area contributed by atoms with Crippen molar-refractivity contribution in [2.24, 2.45) is 0 Å². The van der Waals surface area contributed by atoms with E-state index in [0.29, 0.717) is 18.7 Å². The maximum Gasteiger partial charge on any atom is 0.176 e. The molecule has 4 nitrogen and oxygen atoms in total. The van der Waals surface area contributed by atoms with Crippen molar-refractivity contribution in [3.05, 3.63) is 35.6 Å². The Kier molecular flexibility index (Phi) is 3.77. The molecule has 0 radical (unpaired) electrons. The van der Waals surface area contributed by atoms with Crippen LogP contribution in [-0.2, 0) is 9.84 Å². The molecule has 1 aliphatic heterocycles. The molecule has 1 aliphatic rings. The Hall–Kier alpha value is -1.27. The van der Waals surface area contributed by atoms with Crippen LogP contribution in [0.3, 0.4) is 0 Å². The van der Waals surface area contributed by atoms with E-state index in [1.807, 2.05) is 0 Å². The van der Waals surface area contributed by atoms with E-state index < -0.39 is 15.7 Å². The topological polar surface area (TPSA) is 54.5 Å². The van der Waals surface area contributed by atoms with E-state index in [-0.39, 0.29) is 23.8 Å². The lowest BCUT2D eigenvalue weighted by atomic mass is 10.1. The molecule has 1 aromatic carbocycles. The normalized spacial score (nSPS) is 19.6. The van der Waals surface area contributed by atoms with Crippen LogP contribution >= 0.6 is 0 Å². The number of ketones is 1. The van der Waals surface area contributed by atoms with Crippen molar-refractivity contribution in [3.63, 3.8) is 0 Å². The predicted molar refractivity (Wildman–Crippen MR) is 65.8 cm³/mol. The minimum absolute atomic E-state index is 0.0867. The third-order valence-corrected chi connectivity index (χ3v) is 4.56. The first-order chi connectivity index (χ1) is 8.46. The highest BCUT2D eigenvalue weighted by atomic mass is 32.2. The summed E-state index contributed by atoms with van der Waals surface area (Å²) >= 11 is 0. The predicted octanol–water partition coefficient (Wildman–Crippen LogP) is 0.739. The molecule has 0 saturated carbocycles. The van der Waals surface area contributed by atoms with Crippen molar-refractivity contribution in [1.29, 1.82) is 0 Å². The van der Waals surface area contributed by atoms with Gasteiger partial charge in [-0.2, -0.15) is 0 Å². The first kappa shape index (κ1) is 13.2. The average Bonchev–Trinajstić information content (AvgIpc) is 2.32. The van der Waals surface area contributed by atoms with Crippen molar-refractivity contribution >= 4 is 15.6 Å². The maximum absolute atomic E-state index is 13.0. The number of hydrogen-bond acceptors (Lipinski definition) is 4. The second-order valence-corrected chi connectivity index (χ2v) is 6.67. The standard InChI is InChI=1S/C12H14FNO3S/c13-11-3-1-2-10(8-11)12(15)9-14-4-6-18(16,17)7-5-14/h1-3,8H,4-7,9H2. The molecule has 0 atom stereocenters. The highest BCUT2D eigenvalue weighted by molar-refractivity contribution is 7.91. The monoisotopic (exact) mass is 271 g/mol. The van der Waals surface area contributed by atoms with Crippen LogP contribution in [0.15, 0.2) is 24.3 Å². The number of rotatable bonds is 3. The van der Waals surface area contributed by atoms with E-state index in [2.05, 4.69) is 0 Å². The van der Waals surface area contributed by atoms with Crippen LogP contribution in [0.5, 0.6) is 0 Å². The number of halogens is 1. The van der Waals surface area contributed by atoms with Crippen LogP contribution in [0, 0.1) is 5.82 Å². The molecule has 0 aliphatic carbocycles. The molecule has 0 N–H and O–H groups in total. The minimum atomic E-state index is -2.94. The first-order valence-electron chi connectivity index (χ1n) is 5.68. The van der Waals surface area contributed by atoms with Crippen LogP contribution in [-0.4, -0.2) is 50.2 Å². The minimum Gasteiger partial charge on any atom is -0.294 e. The number of Topliss-reactive ketones (excluding diaryl/α,β-unsaturated/α-hetero) is 1. The van der Waals surface area contributed by atoms with Crippen LogP contribution in [0.2, 0.25) is 0 Å². The summed E-state index contributed by atoms with van der Waals surface area (Å²) in [5.41, 5.74) is 0.323. The Morgan fingerprint density at radius 2 is 1.94 bits per heavy atom. The lowest BCUT2D eigenvalue weighted by Crippen LogP contribution is -2.42. The van der Waals surface area contributed by atoms with Gasteiger partial charge in [0.05, 0.1) is 18.1 Å². The number of benzene rings is 1. The molecule has 0 unspecified atom stereocenters. The van der Waals surface area contributed by atoms with Crippen molar-refractivity contribution in [2.75, 3.05) is 31.1 Å². The van der Waals surface area contributed by atoms with Gasteiger partial charge in [0.1, 0.15) is 5.82 Å². The zero-order valence-corrected chi connectivity index (χ0v) is 10.6.